The third kappa shape index (κ3) is 3.25. The van der Waals surface area contributed by atoms with Crippen LogP contribution in [-0.4, -0.2) is 7.05 Å². The van der Waals surface area contributed by atoms with E-state index in [1.54, 1.807) is 11.3 Å². The minimum Gasteiger partial charge on any atom is -0.488 e. The molecule has 0 saturated heterocycles. The van der Waals surface area contributed by atoms with Gasteiger partial charge in [0.05, 0.1) is 0 Å². The molecule has 96 valence electrons. The molecule has 1 aromatic heterocycles. The van der Waals surface area contributed by atoms with Crippen molar-refractivity contribution in [1.82, 2.24) is 5.32 Å². The Kier molecular flexibility index (Phi) is 4.64. The summed E-state index contributed by atoms with van der Waals surface area (Å²) in [6.45, 7) is 2.67. The standard InChI is InChI=1S/C14H16ClNOS/c1-10(16-2)13-6-5-11(8-14(13)15)17-9-12-4-3-7-18-12/h3-8,10,16H,9H2,1-2H3. The number of halogens is 1. The summed E-state index contributed by atoms with van der Waals surface area (Å²) < 4.78 is 5.71. The van der Waals surface area contributed by atoms with Crippen molar-refractivity contribution in [3.63, 3.8) is 0 Å². The van der Waals surface area contributed by atoms with Gasteiger partial charge in [-0.3, -0.25) is 0 Å². The Morgan fingerprint density at radius 2 is 2.22 bits per heavy atom. The summed E-state index contributed by atoms with van der Waals surface area (Å²) in [5.41, 5.74) is 1.09. The largest absolute Gasteiger partial charge is 0.488 e. The molecule has 2 rings (SSSR count). The Labute approximate surface area is 117 Å². The minimum absolute atomic E-state index is 0.240. The Hall–Kier alpha value is -1.03. The van der Waals surface area contributed by atoms with Crippen molar-refractivity contribution in [2.24, 2.45) is 0 Å². The zero-order chi connectivity index (χ0) is 13.0. The summed E-state index contributed by atoms with van der Waals surface area (Å²) in [5.74, 6) is 0.806. The van der Waals surface area contributed by atoms with Crippen LogP contribution in [0.1, 0.15) is 23.4 Å². The Morgan fingerprint density at radius 1 is 1.39 bits per heavy atom. The SMILES string of the molecule is CNC(C)c1ccc(OCc2cccs2)cc1Cl. The number of benzene rings is 1. The van der Waals surface area contributed by atoms with Crippen LogP contribution >= 0.6 is 22.9 Å². The molecule has 0 spiro atoms. The summed E-state index contributed by atoms with van der Waals surface area (Å²) in [6.07, 6.45) is 0. The molecule has 0 aliphatic carbocycles. The normalized spacial score (nSPS) is 12.4. The van der Waals surface area contributed by atoms with E-state index in [1.165, 1.54) is 4.88 Å². The second-order valence-electron chi connectivity index (χ2n) is 4.06. The van der Waals surface area contributed by atoms with Crippen LogP contribution < -0.4 is 10.1 Å². The first-order valence-corrected chi connectivity index (χ1v) is 7.08. The van der Waals surface area contributed by atoms with Gasteiger partial charge in [-0.25, -0.2) is 0 Å². The van der Waals surface area contributed by atoms with Gasteiger partial charge >= 0.3 is 0 Å². The van der Waals surface area contributed by atoms with E-state index in [4.69, 9.17) is 16.3 Å². The molecule has 0 fully saturated rings. The zero-order valence-electron chi connectivity index (χ0n) is 10.4. The van der Waals surface area contributed by atoms with Gasteiger partial charge in [0.15, 0.2) is 0 Å². The molecular formula is C14H16ClNOS. The molecule has 1 unspecified atom stereocenters. The summed E-state index contributed by atoms with van der Waals surface area (Å²) in [5, 5.41) is 5.95. The molecule has 18 heavy (non-hydrogen) atoms. The molecule has 1 aromatic carbocycles. The fraction of sp³-hybridized carbons (Fsp3) is 0.286. The van der Waals surface area contributed by atoms with E-state index >= 15 is 0 Å². The third-order valence-corrected chi connectivity index (χ3v) is 4.01. The predicted molar refractivity (Wildman–Crippen MR) is 77.6 cm³/mol. The van der Waals surface area contributed by atoms with Gasteiger partial charge in [-0.1, -0.05) is 23.7 Å². The lowest BCUT2D eigenvalue weighted by atomic mass is 10.1. The maximum atomic E-state index is 6.25. The fourth-order valence-electron chi connectivity index (χ4n) is 1.65. The van der Waals surface area contributed by atoms with Gasteiger partial charge in [0.1, 0.15) is 12.4 Å². The average molecular weight is 282 g/mol. The van der Waals surface area contributed by atoms with E-state index in [-0.39, 0.29) is 6.04 Å². The Balaban J connectivity index is 2.04. The van der Waals surface area contributed by atoms with Gasteiger partial charge in [-0.15, -0.1) is 11.3 Å². The fourth-order valence-corrected chi connectivity index (χ4v) is 2.60. The van der Waals surface area contributed by atoms with Crippen LogP contribution in [-0.2, 0) is 6.61 Å². The Morgan fingerprint density at radius 3 is 2.83 bits per heavy atom. The number of ether oxygens (including phenoxy) is 1. The average Bonchev–Trinajstić information content (AvgIpc) is 2.88. The summed E-state index contributed by atoms with van der Waals surface area (Å²) in [6, 6.07) is 10.2. The minimum atomic E-state index is 0.240. The lowest BCUT2D eigenvalue weighted by molar-refractivity contribution is 0.309. The van der Waals surface area contributed by atoms with E-state index in [2.05, 4.69) is 18.3 Å². The molecule has 0 aliphatic heterocycles. The number of thiophene rings is 1. The summed E-state index contributed by atoms with van der Waals surface area (Å²) in [7, 11) is 1.92. The van der Waals surface area contributed by atoms with Gasteiger partial charge in [0.25, 0.3) is 0 Å². The summed E-state index contributed by atoms with van der Waals surface area (Å²) in [4.78, 5) is 1.21. The van der Waals surface area contributed by atoms with Gasteiger partial charge in [0, 0.05) is 15.9 Å². The zero-order valence-corrected chi connectivity index (χ0v) is 12.0. The first-order valence-electron chi connectivity index (χ1n) is 5.82. The van der Waals surface area contributed by atoms with Gasteiger partial charge in [-0.2, -0.15) is 0 Å². The number of hydrogen-bond acceptors (Lipinski definition) is 3. The first-order chi connectivity index (χ1) is 8.70. The molecule has 0 radical (unpaired) electrons. The van der Waals surface area contributed by atoms with E-state index in [0.717, 1.165) is 16.3 Å². The second-order valence-corrected chi connectivity index (χ2v) is 5.50. The predicted octanol–water partition coefficient (Wildman–Crippen LogP) is 4.26. The highest BCUT2D eigenvalue weighted by molar-refractivity contribution is 7.09. The number of hydrogen-bond donors (Lipinski definition) is 1. The summed E-state index contributed by atoms with van der Waals surface area (Å²) >= 11 is 7.94. The van der Waals surface area contributed by atoms with Gasteiger partial charge in [-0.05, 0) is 43.1 Å². The smallest absolute Gasteiger partial charge is 0.122 e. The van der Waals surface area contributed by atoms with Crippen LogP contribution in [0.5, 0.6) is 5.75 Å². The van der Waals surface area contributed by atoms with Crippen molar-refractivity contribution in [2.45, 2.75) is 19.6 Å². The van der Waals surface area contributed by atoms with Gasteiger partial charge < -0.3 is 10.1 Å². The molecule has 2 aromatic rings. The van der Waals surface area contributed by atoms with Crippen molar-refractivity contribution in [2.75, 3.05) is 7.05 Å². The monoisotopic (exact) mass is 281 g/mol. The van der Waals surface area contributed by atoms with Crippen LogP contribution in [0.2, 0.25) is 5.02 Å². The van der Waals surface area contributed by atoms with Crippen molar-refractivity contribution < 1.29 is 4.74 Å². The quantitative estimate of drug-likeness (QED) is 0.884. The van der Waals surface area contributed by atoms with E-state index in [1.807, 2.05) is 36.7 Å². The van der Waals surface area contributed by atoms with Crippen LogP contribution in [0.15, 0.2) is 35.7 Å². The van der Waals surface area contributed by atoms with E-state index < -0.39 is 0 Å². The van der Waals surface area contributed by atoms with Gasteiger partial charge in [0.2, 0.25) is 0 Å². The highest BCUT2D eigenvalue weighted by atomic mass is 35.5. The highest BCUT2D eigenvalue weighted by Gasteiger charge is 2.08. The number of rotatable bonds is 5. The molecule has 2 nitrogen and oxygen atoms in total. The molecule has 0 saturated carbocycles. The molecule has 1 atom stereocenters. The molecule has 0 amide bonds. The molecule has 0 bridgehead atoms. The van der Waals surface area contributed by atoms with Crippen LogP contribution in [0.3, 0.4) is 0 Å². The number of nitrogens with one attached hydrogen (secondary N) is 1. The molecule has 0 aliphatic rings. The van der Waals surface area contributed by atoms with Crippen molar-refractivity contribution in [3.05, 3.63) is 51.2 Å². The first kappa shape index (κ1) is 13.4. The lowest BCUT2D eigenvalue weighted by Crippen LogP contribution is -2.12. The van der Waals surface area contributed by atoms with Crippen LogP contribution in [0, 0.1) is 0 Å². The van der Waals surface area contributed by atoms with Crippen LogP contribution in [0.4, 0.5) is 0 Å². The maximum Gasteiger partial charge on any atom is 0.122 e. The van der Waals surface area contributed by atoms with Crippen molar-refractivity contribution in [3.8, 4) is 5.75 Å². The van der Waals surface area contributed by atoms with Crippen molar-refractivity contribution in [1.29, 1.82) is 0 Å². The third-order valence-electron chi connectivity index (χ3n) is 2.83. The topological polar surface area (TPSA) is 21.3 Å². The highest BCUT2D eigenvalue weighted by Crippen LogP contribution is 2.27. The molecule has 1 heterocycles. The molecule has 1 N–H and O–H groups in total. The van der Waals surface area contributed by atoms with E-state index in [0.29, 0.717) is 6.61 Å². The van der Waals surface area contributed by atoms with E-state index in [9.17, 15) is 0 Å². The second kappa shape index (κ2) is 6.23. The lowest BCUT2D eigenvalue weighted by Gasteiger charge is -2.13. The van der Waals surface area contributed by atoms with Crippen LogP contribution in [0.25, 0.3) is 0 Å². The molecular weight excluding hydrogens is 266 g/mol. The Bertz CT molecular complexity index is 499. The van der Waals surface area contributed by atoms with Crippen molar-refractivity contribution >= 4 is 22.9 Å². The molecule has 4 heteroatoms. The maximum absolute atomic E-state index is 6.25.